The molecule has 0 radical (unpaired) electrons. The van der Waals surface area contributed by atoms with E-state index in [1.165, 1.54) is 0 Å². The zero-order chi connectivity index (χ0) is 16.9. The zero-order valence-electron chi connectivity index (χ0n) is 14.1. The van der Waals surface area contributed by atoms with Gasteiger partial charge in [-0.15, -0.1) is 11.3 Å². The SMILES string of the molecule is COc1cc(CNCC(C)(O)c2cccs2)ccc1OC(C)C. The van der Waals surface area contributed by atoms with Gasteiger partial charge in [0.2, 0.25) is 0 Å². The number of hydrogen-bond acceptors (Lipinski definition) is 5. The summed E-state index contributed by atoms with van der Waals surface area (Å²) in [6, 6.07) is 9.80. The Morgan fingerprint density at radius 2 is 2.04 bits per heavy atom. The smallest absolute Gasteiger partial charge is 0.161 e. The summed E-state index contributed by atoms with van der Waals surface area (Å²) < 4.78 is 11.1. The third-order valence-electron chi connectivity index (χ3n) is 3.44. The van der Waals surface area contributed by atoms with Crippen LogP contribution < -0.4 is 14.8 Å². The molecule has 1 aromatic carbocycles. The van der Waals surface area contributed by atoms with E-state index in [4.69, 9.17) is 9.47 Å². The van der Waals surface area contributed by atoms with Gasteiger partial charge in [0.25, 0.3) is 0 Å². The number of nitrogens with one attached hydrogen (secondary N) is 1. The highest BCUT2D eigenvalue weighted by atomic mass is 32.1. The van der Waals surface area contributed by atoms with Crippen molar-refractivity contribution in [2.45, 2.75) is 39.0 Å². The summed E-state index contributed by atoms with van der Waals surface area (Å²) in [5.74, 6) is 1.47. The van der Waals surface area contributed by atoms with Crippen LogP contribution in [-0.4, -0.2) is 24.9 Å². The van der Waals surface area contributed by atoms with Crippen LogP contribution in [0.3, 0.4) is 0 Å². The first kappa shape index (κ1) is 17.8. The molecule has 0 saturated heterocycles. The Bertz CT molecular complexity index is 609. The van der Waals surface area contributed by atoms with Crippen LogP contribution in [0.4, 0.5) is 0 Å². The van der Waals surface area contributed by atoms with Crippen LogP contribution in [0.2, 0.25) is 0 Å². The molecule has 1 unspecified atom stereocenters. The third kappa shape index (κ3) is 4.96. The third-order valence-corrected chi connectivity index (χ3v) is 4.56. The van der Waals surface area contributed by atoms with Gasteiger partial charge in [0.1, 0.15) is 5.60 Å². The number of aliphatic hydroxyl groups is 1. The van der Waals surface area contributed by atoms with Crippen LogP contribution in [0.15, 0.2) is 35.7 Å². The minimum atomic E-state index is -0.862. The molecule has 1 heterocycles. The lowest BCUT2D eigenvalue weighted by atomic mass is 10.1. The van der Waals surface area contributed by atoms with Crippen molar-refractivity contribution in [2.75, 3.05) is 13.7 Å². The van der Waals surface area contributed by atoms with E-state index in [0.717, 1.165) is 21.9 Å². The van der Waals surface area contributed by atoms with Crippen molar-refractivity contribution >= 4 is 11.3 Å². The molecule has 23 heavy (non-hydrogen) atoms. The maximum Gasteiger partial charge on any atom is 0.161 e. The van der Waals surface area contributed by atoms with Gasteiger partial charge in [0.15, 0.2) is 11.5 Å². The van der Waals surface area contributed by atoms with E-state index in [-0.39, 0.29) is 6.10 Å². The van der Waals surface area contributed by atoms with Crippen LogP contribution in [0, 0.1) is 0 Å². The van der Waals surface area contributed by atoms with E-state index in [1.807, 2.05) is 56.5 Å². The van der Waals surface area contributed by atoms with Crippen LogP contribution in [0.1, 0.15) is 31.2 Å². The van der Waals surface area contributed by atoms with Crippen molar-refractivity contribution in [3.05, 3.63) is 46.2 Å². The highest BCUT2D eigenvalue weighted by molar-refractivity contribution is 7.10. The fourth-order valence-electron chi connectivity index (χ4n) is 2.30. The van der Waals surface area contributed by atoms with Gasteiger partial charge in [-0.3, -0.25) is 0 Å². The number of rotatable bonds is 8. The fourth-order valence-corrected chi connectivity index (χ4v) is 3.08. The van der Waals surface area contributed by atoms with Gasteiger partial charge >= 0.3 is 0 Å². The van der Waals surface area contributed by atoms with E-state index < -0.39 is 5.60 Å². The predicted molar refractivity (Wildman–Crippen MR) is 94.4 cm³/mol. The number of benzene rings is 1. The normalized spacial score (nSPS) is 13.8. The van der Waals surface area contributed by atoms with Crippen molar-refractivity contribution in [1.82, 2.24) is 5.32 Å². The van der Waals surface area contributed by atoms with Crippen molar-refractivity contribution in [3.63, 3.8) is 0 Å². The second-order valence-electron chi connectivity index (χ2n) is 6.01. The first-order chi connectivity index (χ1) is 10.9. The molecule has 0 saturated carbocycles. The Morgan fingerprint density at radius 1 is 1.26 bits per heavy atom. The number of methoxy groups -OCH3 is 1. The summed E-state index contributed by atoms with van der Waals surface area (Å²) in [6.45, 7) is 6.94. The van der Waals surface area contributed by atoms with Crippen LogP contribution >= 0.6 is 11.3 Å². The van der Waals surface area contributed by atoms with E-state index in [0.29, 0.717) is 13.1 Å². The Hall–Kier alpha value is -1.56. The lowest BCUT2D eigenvalue weighted by Gasteiger charge is -2.22. The molecule has 4 nitrogen and oxygen atoms in total. The monoisotopic (exact) mass is 335 g/mol. The van der Waals surface area contributed by atoms with Gasteiger partial charge in [-0.25, -0.2) is 0 Å². The van der Waals surface area contributed by atoms with Gasteiger partial charge in [-0.05, 0) is 49.9 Å². The van der Waals surface area contributed by atoms with Crippen LogP contribution in [-0.2, 0) is 12.1 Å². The topological polar surface area (TPSA) is 50.7 Å². The fraction of sp³-hybridized carbons (Fsp3) is 0.444. The lowest BCUT2D eigenvalue weighted by molar-refractivity contribution is 0.0604. The van der Waals surface area contributed by atoms with Crippen molar-refractivity contribution in [2.24, 2.45) is 0 Å². The quantitative estimate of drug-likeness (QED) is 0.775. The molecule has 1 aromatic heterocycles. The maximum absolute atomic E-state index is 10.5. The molecule has 0 aliphatic heterocycles. The van der Waals surface area contributed by atoms with Gasteiger partial charge < -0.3 is 19.9 Å². The van der Waals surface area contributed by atoms with Gasteiger partial charge in [-0.1, -0.05) is 12.1 Å². The molecule has 0 spiro atoms. The summed E-state index contributed by atoms with van der Waals surface area (Å²) in [4.78, 5) is 0.961. The summed E-state index contributed by atoms with van der Waals surface area (Å²) >= 11 is 1.56. The van der Waals surface area contributed by atoms with Crippen molar-refractivity contribution < 1.29 is 14.6 Å². The highest BCUT2D eigenvalue weighted by Crippen LogP contribution is 2.29. The van der Waals surface area contributed by atoms with E-state index in [2.05, 4.69) is 5.32 Å². The van der Waals surface area contributed by atoms with Crippen LogP contribution in [0.5, 0.6) is 11.5 Å². The van der Waals surface area contributed by atoms with Crippen LogP contribution in [0.25, 0.3) is 0 Å². The van der Waals surface area contributed by atoms with Gasteiger partial charge in [-0.2, -0.15) is 0 Å². The second kappa shape index (κ2) is 7.81. The first-order valence-corrected chi connectivity index (χ1v) is 8.61. The highest BCUT2D eigenvalue weighted by Gasteiger charge is 2.23. The van der Waals surface area contributed by atoms with Gasteiger partial charge in [0.05, 0.1) is 13.2 Å². The molecule has 0 fully saturated rings. The molecule has 0 amide bonds. The first-order valence-electron chi connectivity index (χ1n) is 7.73. The minimum absolute atomic E-state index is 0.105. The molecule has 126 valence electrons. The number of ether oxygens (including phenoxy) is 2. The molecular formula is C18H25NO3S. The predicted octanol–water partition coefficient (Wildman–Crippen LogP) is 3.54. The Kier molecular flexibility index (Phi) is 6.04. The molecule has 5 heteroatoms. The molecule has 2 N–H and O–H groups in total. The van der Waals surface area contributed by atoms with Gasteiger partial charge in [0, 0.05) is 18.0 Å². The largest absolute Gasteiger partial charge is 0.493 e. The molecule has 2 rings (SSSR count). The standard InChI is InChI=1S/C18H25NO3S/c1-13(2)22-15-8-7-14(10-16(15)21-4)11-19-12-18(3,20)17-6-5-9-23-17/h5-10,13,19-20H,11-12H2,1-4H3. The molecular weight excluding hydrogens is 310 g/mol. The Balaban J connectivity index is 1.95. The summed E-state index contributed by atoms with van der Waals surface area (Å²) in [7, 11) is 1.64. The van der Waals surface area contributed by atoms with E-state index >= 15 is 0 Å². The summed E-state index contributed by atoms with van der Waals surface area (Å²) in [5, 5.41) is 15.8. The molecule has 0 aliphatic rings. The zero-order valence-corrected chi connectivity index (χ0v) is 14.9. The number of thiophene rings is 1. The molecule has 0 bridgehead atoms. The van der Waals surface area contributed by atoms with Crippen molar-refractivity contribution in [1.29, 1.82) is 0 Å². The summed E-state index contributed by atoms with van der Waals surface area (Å²) in [5.41, 5.74) is 0.221. The Labute approximate surface area is 142 Å². The average molecular weight is 335 g/mol. The second-order valence-corrected chi connectivity index (χ2v) is 6.95. The molecule has 2 aromatic rings. The van der Waals surface area contributed by atoms with E-state index in [9.17, 15) is 5.11 Å². The molecule has 0 aliphatic carbocycles. The summed E-state index contributed by atoms with van der Waals surface area (Å²) in [6.07, 6.45) is 0.105. The van der Waals surface area contributed by atoms with E-state index in [1.54, 1.807) is 18.4 Å². The Morgan fingerprint density at radius 3 is 2.65 bits per heavy atom. The maximum atomic E-state index is 10.5. The minimum Gasteiger partial charge on any atom is -0.493 e. The van der Waals surface area contributed by atoms with Crippen molar-refractivity contribution in [3.8, 4) is 11.5 Å². The lowest BCUT2D eigenvalue weighted by Crippen LogP contribution is -2.34. The number of hydrogen-bond donors (Lipinski definition) is 2. The molecule has 1 atom stereocenters. The average Bonchev–Trinajstić information content (AvgIpc) is 3.03.